The minimum atomic E-state index is 0.875. The van der Waals surface area contributed by atoms with Gasteiger partial charge in [-0.25, -0.2) is 0 Å². The lowest BCUT2D eigenvalue weighted by atomic mass is 10.0. The van der Waals surface area contributed by atoms with Crippen LogP contribution in [0.15, 0.2) is 11.6 Å². The van der Waals surface area contributed by atoms with Gasteiger partial charge in [-0.3, -0.25) is 0 Å². The maximum Gasteiger partial charge on any atom is -0.0323 e. The average Bonchev–Trinajstić information content (AvgIpc) is 1.98. The fraction of sp³-hybridized carbons (Fsp3) is 0.833. The Morgan fingerprint density at radius 1 is 1.25 bits per heavy atom. The van der Waals surface area contributed by atoms with E-state index in [-0.39, 0.29) is 0 Å². The molecule has 0 fully saturated rings. The van der Waals surface area contributed by atoms with Crippen molar-refractivity contribution in [3.05, 3.63) is 11.6 Å². The van der Waals surface area contributed by atoms with E-state index in [1.807, 2.05) is 0 Å². The summed E-state index contributed by atoms with van der Waals surface area (Å²) in [5.74, 6) is 0.875. The molecule has 0 atom stereocenters. The summed E-state index contributed by atoms with van der Waals surface area (Å²) in [5.41, 5.74) is 1.57. The van der Waals surface area contributed by atoms with E-state index >= 15 is 0 Å². The van der Waals surface area contributed by atoms with Gasteiger partial charge in [-0.05, 0) is 32.1 Å². The molecule has 72 valence electrons. The van der Waals surface area contributed by atoms with E-state index in [9.17, 15) is 0 Å². The predicted octanol–water partition coefficient (Wildman–Crippen LogP) is 4.56. The van der Waals surface area contributed by atoms with Crippen LogP contribution in [0, 0.1) is 5.92 Å². The summed E-state index contributed by atoms with van der Waals surface area (Å²) in [4.78, 5) is 0. The van der Waals surface area contributed by atoms with Crippen LogP contribution in [-0.4, -0.2) is 0 Å². The second kappa shape index (κ2) is 7.39. The van der Waals surface area contributed by atoms with Crippen LogP contribution in [0.3, 0.4) is 0 Å². The minimum Gasteiger partial charge on any atom is -0.0859 e. The summed E-state index contributed by atoms with van der Waals surface area (Å²) < 4.78 is 0. The van der Waals surface area contributed by atoms with Gasteiger partial charge in [0.05, 0.1) is 0 Å². The zero-order chi connectivity index (χ0) is 9.40. The van der Waals surface area contributed by atoms with Crippen molar-refractivity contribution >= 4 is 0 Å². The van der Waals surface area contributed by atoms with Crippen LogP contribution in [0.25, 0.3) is 0 Å². The molecule has 0 heterocycles. The number of hydrogen-bond donors (Lipinski definition) is 0. The highest BCUT2D eigenvalue weighted by molar-refractivity contribution is 4.96. The van der Waals surface area contributed by atoms with Crippen LogP contribution < -0.4 is 0 Å². The molecule has 0 aromatic heterocycles. The van der Waals surface area contributed by atoms with Crippen LogP contribution in [0.1, 0.15) is 59.8 Å². The molecule has 0 saturated carbocycles. The van der Waals surface area contributed by atoms with Crippen LogP contribution in [0.2, 0.25) is 0 Å². The highest BCUT2D eigenvalue weighted by Gasteiger charge is 1.94. The first kappa shape index (κ1) is 11.7. The Bertz CT molecular complexity index is 120. The van der Waals surface area contributed by atoms with Gasteiger partial charge in [-0.2, -0.15) is 0 Å². The Hall–Kier alpha value is -0.260. The van der Waals surface area contributed by atoms with Crippen LogP contribution >= 0.6 is 0 Å². The number of unbranched alkanes of at least 4 members (excludes halogenated alkanes) is 1. The zero-order valence-electron chi connectivity index (χ0n) is 9.19. The summed E-state index contributed by atoms with van der Waals surface area (Å²) in [5, 5.41) is 0. The first-order valence-electron chi connectivity index (χ1n) is 5.32. The molecule has 12 heavy (non-hydrogen) atoms. The summed E-state index contributed by atoms with van der Waals surface area (Å²) in [7, 11) is 0. The normalized spacial score (nSPS) is 12.6. The van der Waals surface area contributed by atoms with Crippen LogP contribution in [-0.2, 0) is 0 Å². The molecule has 0 aromatic carbocycles. The molecule has 0 radical (unpaired) electrons. The van der Waals surface area contributed by atoms with Gasteiger partial charge in [0, 0.05) is 0 Å². The van der Waals surface area contributed by atoms with E-state index < -0.39 is 0 Å². The molecule has 0 rings (SSSR count). The third-order valence-electron chi connectivity index (χ3n) is 2.16. The van der Waals surface area contributed by atoms with Crippen molar-refractivity contribution in [2.75, 3.05) is 0 Å². The highest BCUT2D eigenvalue weighted by Crippen LogP contribution is 2.12. The molecule has 0 spiro atoms. The lowest BCUT2D eigenvalue weighted by molar-refractivity contribution is 0.537. The van der Waals surface area contributed by atoms with Crippen molar-refractivity contribution in [2.45, 2.75) is 59.8 Å². The third-order valence-corrected chi connectivity index (χ3v) is 2.16. The molecule has 0 amide bonds. The third kappa shape index (κ3) is 7.84. The molecule has 0 aliphatic rings. The summed E-state index contributed by atoms with van der Waals surface area (Å²) in [6.07, 6.45) is 9.00. The maximum absolute atomic E-state index is 2.34. The lowest BCUT2D eigenvalue weighted by Gasteiger charge is -2.04. The van der Waals surface area contributed by atoms with Crippen LogP contribution in [0.5, 0.6) is 0 Å². The van der Waals surface area contributed by atoms with E-state index in [2.05, 4.69) is 33.8 Å². The van der Waals surface area contributed by atoms with E-state index in [1.165, 1.54) is 32.1 Å². The monoisotopic (exact) mass is 168 g/mol. The molecule has 0 N–H and O–H groups in total. The van der Waals surface area contributed by atoms with Crippen molar-refractivity contribution in [1.29, 1.82) is 0 Å². The van der Waals surface area contributed by atoms with Crippen molar-refractivity contribution in [2.24, 2.45) is 5.92 Å². The van der Waals surface area contributed by atoms with E-state index in [0.29, 0.717) is 0 Å². The van der Waals surface area contributed by atoms with Crippen molar-refractivity contribution in [3.63, 3.8) is 0 Å². The molecule has 0 heteroatoms. The van der Waals surface area contributed by atoms with Crippen molar-refractivity contribution in [1.82, 2.24) is 0 Å². The van der Waals surface area contributed by atoms with Gasteiger partial charge in [-0.15, -0.1) is 0 Å². The van der Waals surface area contributed by atoms with E-state index in [1.54, 1.807) is 5.57 Å². The summed E-state index contributed by atoms with van der Waals surface area (Å²) >= 11 is 0. The molecule has 0 unspecified atom stereocenters. The van der Waals surface area contributed by atoms with Gasteiger partial charge in [0.2, 0.25) is 0 Å². The molecule has 0 bridgehead atoms. The first-order valence-corrected chi connectivity index (χ1v) is 5.32. The zero-order valence-corrected chi connectivity index (χ0v) is 9.19. The molecule has 0 nitrogen and oxygen atoms in total. The summed E-state index contributed by atoms with van der Waals surface area (Å²) in [6.45, 7) is 9.06. The van der Waals surface area contributed by atoms with Gasteiger partial charge < -0.3 is 0 Å². The molecular weight excluding hydrogens is 144 g/mol. The lowest BCUT2D eigenvalue weighted by Crippen LogP contribution is -1.87. The molecule has 0 aromatic rings. The number of rotatable bonds is 6. The van der Waals surface area contributed by atoms with Gasteiger partial charge in [0.15, 0.2) is 0 Å². The largest absolute Gasteiger partial charge is 0.0859 e. The Morgan fingerprint density at radius 2 is 1.92 bits per heavy atom. The Kier molecular flexibility index (Phi) is 7.23. The summed E-state index contributed by atoms with van der Waals surface area (Å²) in [6, 6.07) is 0. The first-order chi connectivity index (χ1) is 5.66. The fourth-order valence-electron chi connectivity index (χ4n) is 1.41. The van der Waals surface area contributed by atoms with Crippen molar-refractivity contribution < 1.29 is 0 Å². The molecule has 0 saturated heterocycles. The maximum atomic E-state index is 2.34. The molecular formula is C12H24. The Balaban J connectivity index is 3.25. The Morgan fingerprint density at radius 3 is 2.42 bits per heavy atom. The van der Waals surface area contributed by atoms with Gasteiger partial charge >= 0.3 is 0 Å². The van der Waals surface area contributed by atoms with Crippen molar-refractivity contribution in [3.8, 4) is 0 Å². The minimum absolute atomic E-state index is 0.875. The predicted molar refractivity (Wildman–Crippen MR) is 57.4 cm³/mol. The van der Waals surface area contributed by atoms with Gasteiger partial charge in [-0.1, -0.05) is 45.3 Å². The quantitative estimate of drug-likeness (QED) is 0.403. The highest BCUT2D eigenvalue weighted by atomic mass is 14.0. The molecule has 0 aliphatic carbocycles. The van der Waals surface area contributed by atoms with E-state index in [0.717, 1.165) is 5.92 Å². The number of allylic oxidation sites excluding steroid dienone is 2. The standard InChI is InChI=1S/C12H24/c1-5-8-12(4)10-7-6-9-11(2)3/h8,11H,5-7,9-10H2,1-4H3. The van der Waals surface area contributed by atoms with E-state index in [4.69, 9.17) is 0 Å². The molecule has 0 aliphatic heterocycles. The fourth-order valence-corrected chi connectivity index (χ4v) is 1.41. The SMILES string of the molecule is CCC=C(C)CCCCC(C)C. The average molecular weight is 168 g/mol. The second-order valence-corrected chi connectivity index (χ2v) is 4.10. The number of hydrogen-bond acceptors (Lipinski definition) is 0. The van der Waals surface area contributed by atoms with Gasteiger partial charge in [0.1, 0.15) is 0 Å². The van der Waals surface area contributed by atoms with Crippen LogP contribution in [0.4, 0.5) is 0 Å². The topological polar surface area (TPSA) is 0 Å². The smallest absolute Gasteiger partial charge is 0.0323 e. The van der Waals surface area contributed by atoms with Gasteiger partial charge in [0.25, 0.3) is 0 Å². The second-order valence-electron chi connectivity index (χ2n) is 4.10. The Labute approximate surface area is 78.1 Å².